The van der Waals surface area contributed by atoms with Gasteiger partial charge in [-0.3, -0.25) is 4.90 Å². The maximum Gasteiger partial charge on any atom is 0.319 e. The number of halogens is 2. The Kier molecular flexibility index (Phi) is 7.09. The van der Waals surface area contributed by atoms with Crippen molar-refractivity contribution >= 4 is 39.1 Å². The SMILES string of the molecule is C[C@H]1CCCCN1CCOc1nc(N2CC3CCC(C2)N3)c2cc(Cl)c(-c3cc(O)cc4ccccc34)c(F)c2n1. The van der Waals surface area contributed by atoms with Gasteiger partial charge in [0.1, 0.15) is 23.7 Å². The minimum absolute atomic E-state index is 0.0462. The lowest BCUT2D eigenvalue weighted by Crippen LogP contribution is -2.51. The number of ether oxygens (including phenoxy) is 1. The molecule has 0 saturated carbocycles. The molecule has 4 heterocycles. The van der Waals surface area contributed by atoms with E-state index in [1.54, 1.807) is 18.2 Å². The zero-order valence-electron chi connectivity index (χ0n) is 23.2. The highest BCUT2D eigenvalue weighted by Gasteiger charge is 2.34. The van der Waals surface area contributed by atoms with Crippen molar-refractivity contribution in [1.82, 2.24) is 20.2 Å². The van der Waals surface area contributed by atoms with Crippen molar-refractivity contribution in [2.45, 2.75) is 57.2 Å². The maximum absolute atomic E-state index is 16.7. The predicted molar refractivity (Wildman–Crippen MR) is 162 cm³/mol. The minimum Gasteiger partial charge on any atom is -0.508 e. The van der Waals surface area contributed by atoms with Crippen LogP contribution in [0.5, 0.6) is 11.8 Å². The number of nitrogens with one attached hydrogen (secondary N) is 1. The average molecular weight is 576 g/mol. The molecular weight excluding hydrogens is 541 g/mol. The quantitative estimate of drug-likeness (QED) is 0.286. The van der Waals surface area contributed by atoms with Gasteiger partial charge in [-0.25, -0.2) is 4.39 Å². The van der Waals surface area contributed by atoms with Crippen LogP contribution in [-0.2, 0) is 0 Å². The van der Waals surface area contributed by atoms with E-state index >= 15 is 4.39 Å². The number of benzene rings is 3. The second-order valence-corrected chi connectivity index (χ2v) is 12.2. The molecule has 3 atom stereocenters. The molecule has 0 amide bonds. The Labute approximate surface area is 244 Å². The molecule has 2 N–H and O–H groups in total. The number of aromatic nitrogens is 2. The van der Waals surface area contributed by atoms with E-state index in [1.807, 2.05) is 24.3 Å². The number of fused-ring (bicyclic) bond motifs is 4. The Morgan fingerprint density at radius 2 is 1.85 bits per heavy atom. The van der Waals surface area contributed by atoms with Crippen LogP contribution in [0.3, 0.4) is 0 Å². The van der Waals surface area contributed by atoms with E-state index in [9.17, 15) is 5.11 Å². The number of phenolic OH excluding ortho intramolecular Hbond substituents is 1. The van der Waals surface area contributed by atoms with E-state index in [0.717, 1.165) is 49.8 Å². The van der Waals surface area contributed by atoms with Crippen LogP contribution < -0.4 is 15.0 Å². The Hall–Kier alpha value is -3.20. The lowest BCUT2D eigenvalue weighted by molar-refractivity contribution is 0.130. The van der Waals surface area contributed by atoms with E-state index in [0.29, 0.717) is 41.5 Å². The molecule has 7 rings (SSSR count). The number of hydrogen-bond acceptors (Lipinski definition) is 7. The van der Waals surface area contributed by atoms with Crippen LogP contribution in [0.25, 0.3) is 32.8 Å². The summed E-state index contributed by atoms with van der Waals surface area (Å²) < 4.78 is 22.8. The fourth-order valence-electron chi connectivity index (χ4n) is 6.93. The first kappa shape index (κ1) is 26.7. The van der Waals surface area contributed by atoms with Gasteiger partial charge in [-0.1, -0.05) is 42.3 Å². The molecule has 2 unspecified atom stereocenters. The van der Waals surface area contributed by atoms with Crippen molar-refractivity contribution in [2.24, 2.45) is 0 Å². The van der Waals surface area contributed by atoms with Gasteiger partial charge in [-0.15, -0.1) is 0 Å². The fourth-order valence-corrected chi connectivity index (χ4v) is 7.22. The van der Waals surface area contributed by atoms with Crippen molar-refractivity contribution in [2.75, 3.05) is 37.7 Å². The van der Waals surface area contributed by atoms with Crippen molar-refractivity contribution in [3.05, 3.63) is 53.3 Å². The van der Waals surface area contributed by atoms with Gasteiger partial charge in [0.2, 0.25) is 0 Å². The summed E-state index contributed by atoms with van der Waals surface area (Å²) in [5, 5.41) is 16.6. The van der Waals surface area contributed by atoms with E-state index < -0.39 is 5.82 Å². The molecular formula is C32H35ClFN5O2. The minimum atomic E-state index is -0.542. The first-order valence-corrected chi connectivity index (χ1v) is 15.1. The molecule has 3 aliphatic rings. The molecule has 3 aromatic carbocycles. The lowest BCUT2D eigenvalue weighted by atomic mass is 9.96. The van der Waals surface area contributed by atoms with Gasteiger partial charge in [0.25, 0.3) is 0 Å². The first-order valence-electron chi connectivity index (χ1n) is 14.7. The smallest absolute Gasteiger partial charge is 0.319 e. The lowest BCUT2D eigenvalue weighted by Gasteiger charge is -2.34. The summed E-state index contributed by atoms with van der Waals surface area (Å²) in [6.07, 6.45) is 5.89. The molecule has 3 aliphatic heterocycles. The summed E-state index contributed by atoms with van der Waals surface area (Å²) in [5.41, 5.74) is 0.908. The number of piperidine rings is 1. The summed E-state index contributed by atoms with van der Waals surface area (Å²) in [6.45, 7) is 6.10. The van der Waals surface area contributed by atoms with Crippen molar-refractivity contribution < 1.29 is 14.2 Å². The third-order valence-corrected chi connectivity index (χ3v) is 9.32. The monoisotopic (exact) mass is 575 g/mol. The second-order valence-electron chi connectivity index (χ2n) is 11.8. The van der Waals surface area contributed by atoms with E-state index in [-0.39, 0.29) is 27.9 Å². The summed E-state index contributed by atoms with van der Waals surface area (Å²) in [5.74, 6) is 0.160. The van der Waals surface area contributed by atoms with Crippen LogP contribution in [0.15, 0.2) is 42.5 Å². The summed E-state index contributed by atoms with van der Waals surface area (Å²) in [4.78, 5) is 14.1. The summed E-state index contributed by atoms with van der Waals surface area (Å²) in [7, 11) is 0. The largest absolute Gasteiger partial charge is 0.508 e. The van der Waals surface area contributed by atoms with Gasteiger partial charge >= 0.3 is 6.01 Å². The summed E-state index contributed by atoms with van der Waals surface area (Å²) in [6, 6.07) is 14.0. The Morgan fingerprint density at radius 3 is 2.66 bits per heavy atom. The molecule has 2 bridgehead atoms. The van der Waals surface area contributed by atoms with Crippen LogP contribution in [0.4, 0.5) is 10.2 Å². The van der Waals surface area contributed by atoms with Gasteiger partial charge in [0, 0.05) is 48.7 Å². The molecule has 7 nitrogen and oxygen atoms in total. The average Bonchev–Trinajstić information content (AvgIpc) is 3.31. The fraction of sp³-hybridized carbons (Fsp3) is 0.438. The van der Waals surface area contributed by atoms with Crippen molar-refractivity contribution in [1.29, 1.82) is 0 Å². The molecule has 0 spiro atoms. The third kappa shape index (κ3) is 5.07. The number of rotatable bonds is 6. The summed E-state index contributed by atoms with van der Waals surface area (Å²) >= 11 is 6.85. The van der Waals surface area contributed by atoms with Crippen LogP contribution in [0.1, 0.15) is 39.0 Å². The maximum atomic E-state index is 16.7. The van der Waals surface area contributed by atoms with Gasteiger partial charge in [-0.2, -0.15) is 9.97 Å². The van der Waals surface area contributed by atoms with E-state index in [1.165, 1.54) is 19.3 Å². The number of likely N-dealkylation sites (tertiary alicyclic amines) is 1. The number of hydrogen-bond donors (Lipinski definition) is 2. The highest BCUT2D eigenvalue weighted by atomic mass is 35.5. The predicted octanol–water partition coefficient (Wildman–Crippen LogP) is 6.14. The number of aromatic hydroxyl groups is 1. The number of piperazine rings is 1. The zero-order chi connectivity index (χ0) is 28.1. The standard InChI is InChI=1S/C32H35ClFN5O2/c1-19-6-4-5-11-38(19)12-13-41-32-36-30-26(31(37-32)39-17-21-9-10-22(18-39)35-21)16-27(33)28(29(30)34)25-15-23(40)14-20-7-2-3-8-24(20)25/h2-3,7-8,14-16,19,21-22,35,40H,4-6,9-13,17-18H2,1H3/t19-,21?,22?/m0/s1. The van der Waals surface area contributed by atoms with Gasteiger partial charge < -0.3 is 20.1 Å². The van der Waals surface area contributed by atoms with Gasteiger partial charge in [0.15, 0.2) is 5.82 Å². The normalized spacial score (nSPS) is 23.0. The molecule has 214 valence electrons. The Balaban J connectivity index is 1.32. The molecule has 0 radical (unpaired) electrons. The molecule has 1 aromatic heterocycles. The first-order chi connectivity index (χ1) is 19.9. The van der Waals surface area contributed by atoms with Crippen LogP contribution in [-0.4, -0.2) is 70.9 Å². The number of anilines is 1. The van der Waals surface area contributed by atoms with Crippen LogP contribution in [0.2, 0.25) is 5.02 Å². The third-order valence-electron chi connectivity index (χ3n) is 9.02. The number of phenols is 1. The molecule has 41 heavy (non-hydrogen) atoms. The second kappa shape index (κ2) is 10.9. The van der Waals surface area contributed by atoms with Gasteiger partial charge in [-0.05, 0) is 73.7 Å². The molecule has 4 aromatic rings. The van der Waals surface area contributed by atoms with Crippen molar-refractivity contribution in [3.8, 4) is 22.9 Å². The highest BCUT2D eigenvalue weighted by molar-refractivity contribution is 6.35. The van der Waals surface area contributed by atoms with E-state index in [4.69, 9.17) is 21.3 Å². The number of nitrogens with zero attached hydrogens (tertiary/aromatic N) is 4. The van der Waals surface area contributed by atoms with E-state index in [2.05, 4.69) is 27.0 Å². The molecule has 9 heteroatoms. The van der Waals surface area contributed by atoms with Crippen LogP contribution >= 0.6 is 11.6 Å². The molecule has 0 aliphatic carbocycles. The Bertz CT molecular complexity index is 1600. The van der Waals surface area contributed by atoms with Gasteiger partial charge in [0.05, 0.1) is 5.02 Å². The van der Waals surface area contributed by atoms with Crippen molar-refractivity contribution in [3.63, 3.8) is 0 Å². The molecule has 3 fully saturated rings. The Morgan fingerprint density at radius 1 is 1.05 bits per heavy atom. The topological polar surface area (TPSA) is 73.8 Å². The highest BCUT2D eigenvalue weighted by Crippen LogP contribution is 2.42. The molecule has 3 saturated heterocycles. The zero-order valence-corrected chi connectivity index (χ0v) is 24.0. The van der Waals surface area contributed by atoms with Crippen LogP contribution in [0, 0.1) is 5.82 Å².